The van der Waals surface area contributed by atoms with Gasteiger partial charge in [-0.25, -0.2) is 0 Å². The fourth-order valence-corrected chi connectivity index (χ4v) is 4.65. The van der Waals surface area contributed by atoms with E-state index in [-0.39, 0.29) is 41.7 Å². The Balaban J connectivity index is 1.97. The Kier molecular flexibility index (Phi) is 3.21. The first kappa shape index (κ1) is 17.1. The summed E-state index contributed by atoms with van der Waals surface area (Å²) in [7, 11) is 0. The number of aromatic hydroxyl groups is 1. The zero-order chi connectivity index (χ0) is 19.1. The zero-order valence-corrected chi connectivity index (χ0v) is 14.1. The molecule has 0 heterocycles. The summed E-state index contributed by atoms with van der Waals surface area (Å²) in [5, 5.41) is 42.5. The maximum Gasteiger partial charge on any atom is 0.194 e. The molecule has 3 unspecified atom stereocenters. The molecule has 1 aromatic carbocycles. The van der Waals surface area contributed by atoms with Gasteiger partial charge in [0.25, 0.3) is 0 Å². The summed E-state index contributed by atoms with van der Waals surface area (Å²) in [6.07, 6.45) is -0.952. The maximum absolute atomic E-state index is 13.1. The van der Waals surface area contributed by atoms with E-state index < -0.39 is 46.1 Å². The Hall–Kier alpha value is -2.35. The van der Waals surface area contributed by atoms with Crippen LogP contribution in [0.25, 0.3) is 0 Å². The van der Waals surface area contributed by atoms with Gasteiger partial charge in [0.15, 0.2) is 23.0 Å². The highest BCUT2D eigenvalue weighted by Gasteiger charge is 2.67. The van der Waals surface area contributed by atoms with Crippen LogP contribution in [-0.4, -0.2) is 54.6 Å². The third kappa shape index (κ3) is 1.90. The highest BCUT2D eigenvalue weighted by Crippen LogP contribution is 2.53. The van der Waals surface area contributed by atoms with Gasteiger partial charge < -0.3 is 20.4 Å². The van der Waals surface area contributed by atoms with Gasteiger partial charge in [-0.05, 0) is 25.8 Å². The van der Waals surface area contributed by atoms with E-state index >= 15 is 0 Å². The third-order valence-corrected chi connectivity index (χ3v) is 5.76. The molecule has 3 aliphatic carbocycles. The van der Waals surface area contributed by atoms with Crippen molar-refractivity contribution < 1.29 is 34.8 Å². The minimum Gasteiger partial charge on any atom is -0.507 e. The third-order valence-electron chi connectivity index (χ3n) is 5.76. The first-order chi connectivity index (χ1) is 12.0. The lowest BCUT2D eigenvalue weighted by Crippen LogP contribution is -2.70. The molecule has 3 atom stereocenters. The Bertz CT molecular complexity index is 926. The number of benzene rings is 1. The van der Waals surface area contributed by atoms with Gasteiger partial charge in [-0.15, -0.1) is 0 Å². The topological polar surface area (TPSA) is 132 Å². The lowest BCUT2D eigenvalue weighted by atomic mass is 9.55. The van der Waals surface area contributed by atoms with Crippen molar-refractivity contribution in [2.75, 3.05) is 0 Å². The molecule has 0 bridgehead atoms. The smallest absolute Gasteiger partial charge is 0.194 e. The minimum atomic E-state index is -2.56. The molecule has 136 valence electrons. The van der Waals surface area contributed by atoms with Crippen LogP contribution in [0.1, 0.15) is 53.3 Å². The highest BCUT2D eigenvalue weighted by atomic mass is 16.4. The molecular weight excluding hydrogens is 340 g/mol. The molecule has 7 nitrogen and oxygen atoms in total. The molecule has 0 aromatic heterocycles. The van der Waals surface area contributed by atoms with Gasteiger partial charge in [0.05, 0.1) is 11.2 Å². The predicted molar refractivity (Wildman–Crippen MR) is 87.8 cm³/mol. The molecule has 0 aliphatic heterocycles. The molecule has 0 radical (unpaired) electrons. The molecule has 7 heteroatoms. The van der Waals surface area contributed by atoms with Gasteiger partial charge in [-0.3, -0.25) is 14.4 Å². The number of phenolic OH excluding ortho intramolecular Hbond substituents is 1. The lowest BCUT2D eigenvalue weighted by molar-refractivity contribution is -0.201. The maximum atomic E-state index is 13.1. The van der Waals surface area contributed by atoms with Crippen LogP contribution in [0.15, 0.2) is 29.3 Å². The molecule has 0 saturated heterocycles. The van der Waals surface area contributed by atoms with Crippen LogP contribution in [-0.2, 0) is 4.79 Å². The number of allylic oxidation sites excluding steroid dienone is 1. The number of hydrogen-bond acceptors (Lipinski definition) is 7. The first-order valence-electron chi connectivity index (χ1n) is 8.37. The van der Waals surface area contributed by atoms with Gasteiger partial charge in [-0.2, -0.15) is 0 Å². The monoisotopic (exact) mass is 358 g/mol. The average Bonchev–Trinajstić information content (AvgIpc) is 2.53. The summed E-state index contributed by atoms with van der Waals surface area (Å²) in [6, 6.07) is 4.00. The van der Waals surface area contributed by atoms with Crippen molar-refractivity contribution >= 4 is 17.3 Å². The first-order valence-corrected chi connectivity index (χ1v) is 8.37. The molecule has 0 amide bonds. The summed E-state index contributed by atoms with van der Waals surface area (Å²) < 4.78 is 0. The van der Waals surface area contributed by atoms with Crippen LogP contribution in [0, 0.1) is 0 Å². The van der Waals surface area contributed by atoms with Crippen LogP contribution >= 0.6 is 0 Å². The fourth-order valence-electron chi connectivity index (χ4n) is 4.65. The number of hydrogen-bond donors (Lipinski definition) is 4. The van der Waals surface area contributed by atoms with Gasteiger partial charge in [-0.1, -0.05) is 12.1 Å². The Morgan fingerprint density at radius 1 is 1.04 bits per heavy atom. The number of fused-ring (bicyclic) bond motifs is 3. The standard InChI is InChI=1S/C19H18O7/c1-17(24)7-12(21)19(26)14-10(5-6-18(19,25)8-17)15(22)13-9(16(14)23)3-2-4-11(13)20/h2-4,20,24-26H,5-8H2,1H3. The number of carbonyl (C=O) groups is 3. The van der Waals surface area contributed by atoms with Crippen LogP contribution in [0.2, 0.25) is 0 Å². The van der Waals surface area contributed by atoms with Crippen LogP contribution in [0.5, 0.6) is 5.75 Å². The van der Waals surface area contributed by atoms with Crippen molar-refractivity contribution in [1.29, 1.82) is 0 Å². The van der Waals surface area contributed by atoms with E-state index in [0.717, 1.165) is 0 Å². The summed E-state index contributed by atoms with van der Waals surface area (Å²) >= 11 is 0. The molecule has 4 rings (SSSR count). The lowest BCUT2D eigenvalue weighted by Gasteiger charge is -2.53. The van der Waals surface area contributed by atoms with E-state index in [1.165, 1.54) is 25.1 Å². The predicted octanol–water partition coefficient (Wildman–Crippen LogP) is 0.438. The van der Waals surface area contributed by atoms with Crippen LogP contribution in [0.3, 0.4) is 0 Å². The number of ketones is 3. The van der Waals surface area contributed by atoms with E-state index in [1.54, 1.807) is 0 Å². The van der Waals surface area contributed by atoms with Gasteiger partial charge in [0.1, 0.15) is 11.4 Å². The number of phenols is 1. The number of Topliss-reactive ketones (excluding diaryl/α,β-unsaturated/α-hetero) is 3. The highest BCUT2D eigenvalue weighted by molar-refractivity contribution is 6.30. The van der Waals surface area contributed by atoms with E-state index in [0.29, 0.717) is 0 Å². The molecule has 3 aliphatic rings. The second kappa shape index (κ2) is 4.88. The normalized spacial score (nSPS) is 36.5. The van der Waals surface area contributed by atoms with Crippen molar-refractivity contribution in [3.05, 3.63) is 40.5 Å². The summed E-state index contributed by atoms with van der Waals surface area (Å²) in [4.78, 5) is 38.6. The summed E-state index contributed by atoms with van der Waals surface area (Å²) in [6.45, 7) is 1.38. The second-order valence-electron chi connectivity index (χ2n) is 7.73. The quantitative estimate of drug-likeness (QED) is 0.529. The number of aliphatic hydroxyl groups is 3. The molecule has 26 heavy (non-hydrogen) atoms. The van der Waals surface area contributed by atoms with Gasteiger partial charge in [0.2, 0.25) is 0 Å². The Morgan fingerprint density at radius 2 is 1.73 bits per heavy atom. The van der Waals surface area contributed by atoms with E-state index in [1.807, 2.05) is 0 Å². The van der Waals surface area contributed by atoms with Crippen molar-refractivity contribution in [2.24, 2.45) is 0 Å². The van der Waals surface area contributed by atoms with Crippen LogP contribution in [0.4, 0.5) is 0 Å². The summed E-state index contributed by atoms with van der Waals surface area (Å²) in [5.41, 5.74) is -6.88. The minimum absolute atomic E-state index is 0.0458. The largest absolute Gasteiger partial charge is 0.507 e. The van der Waals surface area contributed by atoms with Gasteiger partial charge in [0, 0.05) is 29.6 Å². The van der Waals surface area contributed by atoms with E-state index in [9.17, 15) is 34.8 Å². The van der Waals surface area contributed by atoms with Crippen molar-refractivity contribution in [2.45, 2.75) is 49.4 Å². The van der Waals surface area contributed by atoms with Crippen LogP contribution < -0.4 is 0 Å². The molecule has 0 spiro atoms. The molecule has 1 fully saturated rings. The van der Waals surface area contributed by atoms with Crippen molar-refractivity contribution in [3.8, 4) is 5.75 Å². The Labute approximate surface area is 148 Å². The van der Waals surface area contributed by atoms with E-state index in [2.05, 4.69) is 0 Å². The van der Waals surface area contributed by atoms with Gasteiger partial charge >= 0.3 is 0 Å². The second-order valence-corrected chi connectivity index (χ2v) is 7.73. The molecule has 1 aromatic rings. The zero-order valence-electron chi connectivity index (χ0n) is 14.1. The number of rotatable bonds is 0. The molecule has 4 N–H and O–H groups in total. The molecular formula is C19H18O7. The Morgan fingerprint density at radius 3 is 2.42 bits per heavy atom. The average molecular weight is 358 g/mol. The van der Waals surface area contributed by atoms with E-state index in [4.69, 9.17) is 0 Å². The van der Waals surface area contributed by atoms with Crippen molar-refractivity contribution in [3.63, 3.8) is 0 Å². The SMILES string of the molecule is CC1(O)CC(=O)C2(O)C3=C(CCC2(O)C1)C(=O)c1c(O)cccc1C3=O. The fraction of sp³-hybridized carbons (Fsp3) is 0.421. The molecule has 1 saturated carbocycles. The summed E-state index contributed by atoms with van der Waals surface area (Å²) in [5.74, 6) is -2.64. The number of carbonyl (C=O) groups excluding carboxylic acids is 3. The van der Waals surface area contributed by atoms with Crippen molar-refractivity contribution in [1.82, 2.24) is 0 Å².